The molecule has 1 amide bonds. The molecular formula is C21H20ClFN4OS. The number of nitrogens with zero attached hydrogens (tertiary/aromatic N) is 4. The Morgan fingerprint density at radius 3 is 2.93 bits per heavy atom. The summed E-state index contributed by atoms with van der Waals surface area (Å²) >= 11 is 7.56. The summed E-state index contributed by atoms with van der Waals surface area (Å²) in [6, 6.07) is 10.4. The van der Waals surface area contributed by atoms with Crippen LogP contribution >= 0.6 is 23.4 Å². The first kappa shape index (κ1) is 19.9. The molecule has 1 aromatic heterocycles. The molecular weight excluding hydrogens is 411 g/mol. The summed E-state index contributed by atoms with van der Waals surface area (Å²) < 4.78 is 15.5. The van der Waals surface area contributed by atoms with Crippen LogP contribution in [0.1, 0.15) is 29.7 Å². The predicted molar refractivity (Wildman–Crippen MR) is 112 cm³/mol. The zero-order chi connectivity index (χ0) is 20.5. The SMILES string of the molecule is Cc1ccc(-n2cnnc2SCC(=O)N2CCc3ccc(F)cc3C2C)cc1Cl. The average Bonchev–Trinajstić information content (AvgIpc) is 3.17. The summed E-state index contributed by atoms with van der Waals surface area (Å²) in [7, 11) is 0. The topological polar surface area (TPSA) is 51.0 Å². The van der Waals surface area contributed by atoms with Crippen molar-refractivity contribution in [3.05, 3.63) is 70.3 Å². The van der Waals surface area contributed by atoms with Gasteiger partial charge in [0.1, 0.15) is 12.1 Å². The van der Waals surface area contributed by atoms with Crippen molar-refractivity contribution in [2.75, 3.05) is 12.3 Å². The molecule has 0 fully saturated rings. The molecule has 2 aromatic carbocycles. The maximum Gasteiger partial charge on any atom is 0.233 e. The first-order valence-corrected chi connectivity index (χ1v) is 10.7. The van der Waals surface area contributed by atoms with Crippen LogP contribution in [0.3, 0.4) is 0 Å². The van der Waals surface area contributed by atoms with Crippen molar-refractivity contribution in [2.24, 2.45) is 0 Å². The minimum absolute atomic E-state index is 0.00565. The molecule has 1 atom stereocenters. The van der Waals surface area contributed by atoms with Gasteiger partial charge < -0.3 is 4.90 Å². The fourth-order valence-electron chi connectivity index (χ4n) is 3.57. The van der Waals surface area contributed by atoms with E-state index in [1.54, 1.807) is 11.2 Å². The molecule has 1 aliphatic rings. The lowest BCUT2D eigenvalue weighted by Gasteiger charge is -2.35. The molecule has 0 N–H and O–H groups in total. The number of amides is 1. The van der Waals surface area contributed by atoms with Crippen LogP contribution in [0.25, 0.3) is 5.69 Å². The molecule has 3 aromatic rings. The number of fused-ring (bicyclic) bond motifs is 1. The van der Waals surface area contributed by atoms with E-state index in [-0.39, 0.29) is 23.5 Å². The van der Waals surface area contributed by atoms with Gasteiger partial charge in [-0.25, -0.2) is 4.39 Å². The fourth-order valence-corrected chi connectivity index (χ4v) is 4.56. The van der Waals surface area contributed by atoms with Gasteiger partial charge in [-0.3, -0.25) is 9.36 Å². The van der Waals surface area contributed by atoms with Gasteiger partial charge in [-0.05, 0) is 61.2 Å². The highest BCUT2D eigenvalue weighted by atomic mass is 35.5. The number of aryl methyl sites for hydroxylation is 1. The van der Waals surface area contributed by atoms with Crippen molar-refractivity contribution in [1.29, 1.82) is 0 Å². The van der Waals surface area contributed by atoms with Gasteiger partial charge in [0.25, 0.3) is 0 Å². The summed E-state index contributed by atoms with van der Waals surface area (Å²) in [4.78, 5) is 14.7. The lowest BCUT2D eigenvalue weighted by atomic mass is 9.93. The number of carbonyl (C=O) groups is 1. The molecule has 4 rings (SSSR count). The van der Waals surface area contributed by atoms with E-state index in [1.165, 1.54) is 23.9 Å². The summed E-state index contributed by atoms with van der Waals surface area (Å²) in [5.41, 5.74) is 3.82. The Hall–Kier alpha value is -2.38. The Kier molecular flexibility index (Phi) is 5.61. The molecule has 8 heteroatoms. The molecule has 29 heavy (non-hydrogen) atoms. The summed E-state index contributed by atoms with van der Waals surface area (Å²) in [6.07, 6.45) is 2.34. The summed E-state index contributed by atoms with van der Waals surface area (Å²) in [6.45, 7) is 4.51. The van der Waals surface area contributed by atoms with Crippen LogP contribution in [0.15, 0.2) is 47.9 Å². The van der Waals surface area contributed by atoms with Crippen LogP contribution in [-0.2, 0) is 11.2 Å². The second-order valence-electron chi connectivity index (χ2n) is 7.06. The highest BCUT2D eigenvalue weighted by Gasteiger charge is 2.28. The quantitative estimate of drug-likeness (QED) is 0.567. The van der Waals surface area contributed by atoms with Crippen molar-refractivity contribution < 1.29 is 9.18 Å². The zero-order valence-electron chi connectivity index (χ0n) is 16.1. The summed E-state index contributed by atoms with van der Waals surface area (Å²) in [5.74, 6) is -0.0502. The Bertz CT molecular complexity index is 1070. The van der Waals surface area contributed by atoms with Crippen molar-refractivity contribution in [1.82, 2.24) is 19.7 Å². The van der Waals surface area contributed by atoms with E-state index in [0.29, 0.717) is 16.7 Å². The molecule has 0 saturated carbocycles. The molecule has 1 unspecified atom stereocenters. The standard InChI is InChI=1S/C21H20ClFN4OS/c1-13-3-6-17(10-19(13)22)27-12-24-25-21(27)29-11-20(28)26-8-7-15-4-5-16(23)9-18(15)14(26)2/h3-6,9-10,12,14H,7-8,11H2,1-2H3. The first-order chi connectivity index (χ1) is 13.9. The van der Waals surface area contributed by atoms with Crippen molar-refractivity contribution in [3.8, 4) is 5.69 Å². The third-order valence-electron chi connectivity index (χ3n) is 5.24. The molecule has 0 radical (unpaired) electrons. The zero-order valence-corrected chi connectivity index (χ0v) is 17.7. The van der Waals surface area contributed by atoms with Gasteiger partial charge in [-0.1, -0.05) is 35.5 Å². The minimum atomic E-state index is -0.274. The first-order valence-electron chi connectivity index (χ1n) is 9.31. The molecule has 1 aliphatic heterocycles. The largest absolute Gasteiger partial charge is 0.335 e. The normalized spacial score (nSPS) is 16.0. The van der Waals surface area contributed by atoms with Gasteiger partial charge in [-0.15, -0.1) is 10.2 Å². The van der Waals surface area contributed by atoms with Gasteiger partial charge in [-0.2, -0.15) is 0 Å². The number of halogens is 2. The Labute approximate surface area is 177 Å². The Balaban J connectivity index is 1.47. The maximum absolute atomic E-state index is 13.7. The molecule has 5 nitrogen and oxygen atoms in total. The van der Waals surface area contributed by atoms with E-state index in [0.717, 1.165) is 28.8 Å². The lowest BCUT2D eigenvalue weighted by Crippen LogP contribution is -2.39. The van der Waals surface area contributed by atoms with Gasteiger partial charge in [0.2, 0.25) is 5.91 Å². The highest BCUT2D eigenvalue weighted by molar-refractivity contribution is 7.99. The molecule has 0 spiro atoms. The van der Waals surface area contributed by atoms with Crippen LogP contribution < -0.4 is 0 Å². The van der Waals surface area contributed by atoms with E-state index >= 15 is 0 Å². The highest BCUT2D eigenvalue weighted by Crippen LogP contribution is 2.31. The second-order valence-corrected chi connectivity index (χ2v) is 8.41. The number of hydrogen-bond acceptors (Lipinski definition) is 4. The number of rotatable bonds is 4. The Morgan fingerprint density at radius 1 is 1.31 bits per heavy atom. The third kappa shape index (κ3) is 4.02. The van der Waals surface area contributed by atoms with Crippen LogP contribution in [0, 0.1) is 12.7 Å². The van der Waals surface area contributed by atoms with Crippen molar-refractivity contribution in [2.45, 2.75) is 31.5 Å². The van der Waals surface area contributed by atoms with E-state index in [2.05, 4.69) is 10.2 Å². The van der Waals surface area contributed by atoms with E-state index in [9.17, 15) is 9.18 Å². The van der Waals surface area contributed by atoms with Gasteiger partial charge in [0, 0.05) is 11.6 Å². The number of aromatic nitrogens is 3. The van der Waals surface area contributed by atoms with Gasteiger partial charge in [0.15, 0.2) is 5.16 Å². The van der Waals surface area contributed by atoms with Gasteiger partial charge in [0.05, 0.1) is 17.5 Å². The average molecular weight is 431 g/mol. The van der Waals surface area contributed by atoms with E-state index in [4.69, 9.17) is 11.6 Å². The maximum atomic E-state index is 13.7. The van der Waals surface area contributed by atoms with Gasteiger partial charge >= 0.3 is 0 Å². The monoisotopic (exact) mass is 430 g/mol. The second kappa shape index (κ2) is 8.16. The van der Waals surface area contributed by atoms with E-state index < -0.39 is 0 Å². The smallest absolute Gasteiger partial charge is 0.233 e. The van der Waals surface area contributed by atoms with Crippen molar-refractivity contribution >= 4 is 29.3 Å². The predicted octanol–water partition coefficient (Wildman–Crippen LogP) is 4.61. The minimum Gasteiger partial charge on any atom is -0.335 e. The fraction of sp³-hybridized carbons (Fsp3) is 0.286. The molecule has 0 bridgehead atoms. The van der Waals surface area contributed by atoms with Crippen LogP contribution in [0.2, 0.25) is 5.02 Å². The summed E-state index contributed by atoms with van der Waals surface area (Å²) in [5, 5.41) is 9.40. The Morgan fingerprint density at radius 2 is 2.14 bits per heavy atom. The third-order valence-corrected chi connectivity index (χ3v) is 6.58. The van der Waals surface area contributed by atoms with E-state index in [1.807, 2.05) is 42.7 Å². The molecule has 150 valence electrons. The number of carbonyl (C=O) groups excluding carboxylic acids is 1. The molecule has 2 heterocycles. The van der Waals surface area contributed by atoms with Crippen LogP contribution in [0.5, 0.6) is 0 Å². The van der Waals surface area contributed by atoms with Crippen molar-refractivity contribution in [3.63, 3.8) is 0 Å². The number of thioether (sulfide) groups is 1. The number of benzene rings is 2. The van der Waals surface area contributed by atoms with Crippen LogP contribution in [0.4, 0.5) is 4.39 Å². The lowest BCUT2D eigenvalue weighted by molar-refractivity contribution is -0.130. The molecule has 0 saturated heterocycles. The molecule has 0 aliphatic carbocycles. The number of hydrogen-bond donors (Lipinski definition) is 0. The van der Waals surface area contributed by atoms with Crippen LogP contribution in [-0.4, -0.2) is 37.9 Å².